The van der Waals surface area contributed by atoms with Gasteiger partial charge in [-0.15, -0.1) is 0 Å². The van der Waals surface area contributed by atoms with Crippen molar-refractivity contribution in [3.05, 3.63) is 83.9 Å². The summed E-state index contributed by atoms with van der Waals surface area (Å²) in [6, 6.07) is 22.9. The summed E-state index contributed by atoms with van der Waals surface area (Å²) in [4.78, 5) is 39.3. The van der Waals surface area contributed by atoms with Crippen LogP contribution in [-0.2, 0) is 14.3 Å². The molecule has 0 saturated heterocycles. The van der Waals surface area contributed by atoms with Gasteiger partial charge in [0.2, 0.25) is 5.91 Å². The molecule has 0 atom stereocenters. The third-order valence-electron chi connectivity index (χ3n) is 5.91. The fourth-order valence-corrected chi connectivity index (χ4v) is 4.50. The van der Waals surface area contributed by atoms with E-state index in [0.29, 0.717) is 11.4 Å². The SMILES string of the molecule is O=C(O)CN1C(=O)CN(C(=O)OCC2c3ccccc3-c3ccccc32)c2ccccc21. The summed E-state index contributed by atoms with van der Waals surface area (Å²) in [7, 11) is 0. The summed E-state index contributed by atoms with van der Waals surface area (Å²) in [5.74, 6) is -1.69. The number of nitrogens with zero attached hydrogens (tertiary/aromatic N) is 2. The number of aliphatic carboxylic acids is 1. The maximum absolute atomic E-state index is 13.0. The van der Waals surface area contributed by atoms with E-state index in [2.05, 4.69) is 12.1 Å². The molecule has 5 rings (SSSR count). The molecule has 0 unspecified atom stereocenters. The normalized spacial score (nSPS) is 14.6. The monoisotopic (exact) mass is 428 g/mol. The lowest BCUT2D eigenvalue weighted by Crippen LogP contribution is -2.50. The quantitative estimate of drug-likeness (QED) is 0.682. The number of carboxylic acids is 1. The molecule has 7 heteroatoms. The zero-order valence-corrected chi connectivity index (χ0v) is 17.1. The first kappa shape index (κ1) is 19.8. The summed E-state index contributed by atoms with van der Waals surface area (Å²) in [6.45, 7) is -0.603. The Hall–Kier alpha value is -4.13. The predicted molar refractivity (Wildman–Crippen MR) is 119 cm³/mol. The van der Waals surface area contributed by atoms with Crippen molar-refractivity contribution >= 4 is 29.3 Å². The molecule has 7 nitrogen and oxygen atoms in total. The molecule has 0 bridgehead atoms. The Morgan fingerprint density at radius 1 is 0.875 bits per heavy atom. The van der Waals surface area contributed by atoms with E-state index in [-0.39, 0.29) is 19.1 Å². The molecule has 3 aromatic rings. The zero-order chi connectivity index (χ0) is 22.2. The fourth-order valence-electron chi connectivity index (χ4n) is 4.50. The number of amides is 2. The Morgan fingerprint density at radius 3 is 2.06 bits per heavy atom. The number of para-hydroxylation sites is 2. The minimum Gasteiger partial charge on any atom is -0.480 e. The highest BCUT2D eigenvalue weighted by atomic mass is 16.6. The maximum Gasteiger partial charge on any atom is 0.414 e. The van der Waals surface area contributed by atoms with Crippen LogP contribution in [-0.4, -0.2) is 42.8 Å². The lowest BCUT2D eigenvalue weighted by molar-refractivity contribution is -0.136. The fraction of sp³-hybridized carbons (Fsp3) is 0.160. The van der Waals surface area contributed by atoms with E-state index < -0.39 is 24.5 Å². The van der Waals surface area contributed by atoms with Gasteiger partial charge in [0.15, 0.2) is 0 Å². The van der Waals surface area contributed by atoms with Gasteiger partial charge >= 0.3 is 12.1 Å². The van der Waals surface area contributed by atoms with Crippen molar-refractivity contribution < 1.29 is 24.2 Å². The Balaban J connectivity index is 1.39. The van der Waals surface area contributed by atoms with Gasteiger partial charge in [0.05, 0.1) is 11.4 Å². The second-order valence-electron chi connectivity index (χ2n) is 7.75. The van der Waals surface area contributed by atoms with Crippen LogP contribution in [0.2, 0.25) is 0 Å². The number of benzene rings is 3. The standard InChI is InChI=1S/C25H20N2O5/c28-23-13-27(22-12-6-5-11-21(22)26(23)14-24(29)30)25(31)32-15-20-18-9-3-1-7-16(18)17-8-2-4-10-19(17)20/h1-12,20H,13-15H2,(H,29,30). The van der Waals surface area contributed by atoms with E-state index in [1.807, 2.05) is 36.4 Å². The number of hydrogen-bond acceptors (Lipinski definition) is 4. The number of fused-ring (bicyclic) bond motifs is 4. The van der Waals surface area contributed by atoms with Crippen LogP contribution in [0, 0.1) is 0 Å². The minimum atomic E-state index is -1.12. The molecule has 1 N–H and O–H groups in total. The predicted octanol–water partition coefficient (Wildman–Crippen LogP) is 3.87. The van der Waals surface area contributed by atoms with E-state index in [1.165, 1.54) is 9.80 Å². The van der Waals surface area contributed by atoms with Crippen molar-refractivity contribution in [2.75, 3.05) is 29.5 Å². The van der Waals surface area contributed by atoms with Crippen molar-refractivity contribution in [1.29, 1.82) is 0 Å². The van der Waals surface area contributed by atoms with E-state index >= 15 is 0 Å². The van der Waals surface area contributed by atoms with Crippen molar-refractivity contribution in [3.8, 4) is 11.1 Å². The first-order valence-electron chi connectivity index (χ1n) is 10.3. The largest absolute Gasteiger partial charge is 0.480 e. The number of ether oxygens (including phenoxy) is 1. The van der Waals surface area contributed by atoms with Gasteiger partial charge in [0, 0.05) is 5.92 Å². The van der Waals surface area contributed by atoms with Gasteiger partial charge in [-0.2, -0.15) is 0 Å². The van der Waals surface area contributed by atoms with Gasteiger partial charge in [-0.05, 0) is 34.4 Å². The Kier molecular flexibility index (Phi) is 4.86. The summed E-state index contributed by atoms with van der Waals surface area (Å²) in [6.07, 6.45) is -0.636. The van der Waals surface area contributed by atoms with Crippen LogP contribution in [0.5, 0.6) is 0 Å². The molecule has 32 heavy (non-hydrogen) atoms. The van der Waals surface area contributed by atoms with Gasteiger partial charge in [0.25, 0.3) is 0 Å². The van der Waals surface area contributed by atoms with Crippen LogP contribution in [0.15, 0.2) is 72.8 Å². The number of carbonyl (C=O) groups is 3. The van der Waals surface area contributed by atoms with Gasteiger partial charge < -0.3 is 9.84 Å². The molecule has 2 aliphatic rings. The summed E-state index contributed by atoms with van der Waals surface area (Å²) >= 11 is 0. The summed E-state index contributed by atoms with van der Waals surface area (Å²) < 4.78 is 5.70. The number of carboxylic acid groups (broad SMARTS) is 1. The molecule has 0 radical (unpaired) electrons. The molecule has 3 aromatic carbocycles. The van der Waals surface area contributed by atoms with Crippen LogP contribution in [0.4, 0.5) is 16.2 Å². The number of hydrogen-bond donors (Lipinski definition) is 1. The van der Waals surface area contributed by atoms with Crippen LogP contribution in [0.1, 0.15) is 17.0 Å². The second-order valence-corrected chi connectivity index (χ2v) is 7.75. The van der Waals surface area contributed by atoms with E-state index in [4.69, 9.17) is 9.84 Å². The van der Waals surface area contributed by atoms with Crippen molar-refractivity contribution in [1.82, 2.24) is 0 Å². The molecule has 0 spiro atoms. The first-order valence-corrected chi connectivity index (χ1v) is 10.3. The average Bonchev–Trinajstić information content (AvgIpc) is 3.13. The first-order chi connectivity index (χ1) is 15.5. The molecule has 0 fully saturated rings. The minimum absolute atomic E-state index is 0.0920. The number of rotatable bonds is 4. The summed E-state index contributed by atoms with van der Waals surface area (Å²) in [5, 5.41) is 9.15. The number of anilines is 2. The Morgan fingerprint density at radius 2 is 1.44 bits per heavy atom. The van der Waals surface area contributed by atoms with Crippen LogP contribution >= 0.6 is 0 Å². The third-order valence-corrected chi connectivity index (χ3v) is 5.91. The van der Waals surface area contributed by atoms with Gasteiger partial charge in [-0.25, -0.2) is 4.79 Å². The molecule has 1 aliphatic heterocycles. The second kappa shape index (κ2) is 7.85. The smallest absolute Gasteiger partial charge is 0.414 e. The van der Waals surface area contributed by atoms with Gasteiger partial charge in [-0.3, -0.25) is 19.4 Å². The highest BCUT2D eigenvalue weighted by Gasteiger charge is 2.35. The van der Waals surface area contributed by atoms with Gasteiger partial charge in [0.1, 0.15) is 19.7 Å². The van der Waals surface area contributed by atoms with Crippen molar-refractivity contribution in [2.45, 2.75) is 5.92 Å². The van der Waals surface area contributed by atoms with Crippen LogP contribution in [0.25, 0.3) is 11.1 Å². The lowest BCUT2D eigenvalue weighted by atomic mass is 9.98. The summed E-state index contributed by atoms with van der Waals surface area (Å²) in [5.41, 5.74) is 5.29. The van der Waals surface area contributed by atoms with E-state index in [9.17, 15) is 14.4 Å². The average molecular weight is 428 g/mol. The highest BCUT2D eigenvalue weighted by Crippen LogP contribution is 2.44. The Bertz CT molecular complexity index is 1190. The van der Waals surface area contributed by atoms with Crippen LogP contribution in [0.3, 0.4) is 0 Å². The molecule has 0 saturated carbocycles. The van der Waals surface area contributed by atoms with Crippen molar-refractivity contribution in [2.24, 2.45) is 0 Å². The molecule has 1 aliphatic carbocycles. The third kappa shape index (κ3) is 3.28. The van der Waals surface area contributed by atoms with E-state index in [0.717, 1.165) is 22.3 Å². The highest BCUT2D eigenvalue weighted by molar-refractivity contribution is 6.11. The molecular formula is C25H20N2O5. The number of carbonyl (C=O) groups excluding carboxylic acids is 2. The molecular weight excluding hydrogens is 408 g/mol. The molecule has 1 heterocycles. The van der Waals surface area contributed by atoms with Crippen LogP contribution < -0.4 is 9.80 Å². The zero-order valence-electron chi connectivity index (χ0n) is 17.1. The van der Waals surface area contributed by atoms with Gasteiger partial charge in [-0.1, -0.05) is 60.7 Å². The van der Waals surface area contributed by atoms with Crippen molar-refractivity contribution in [3.63, 3.8) is 0 Å². The Labute approximate surface area is 184 Å². The maximum atomic E-state index is 13.0. The molecule has 160 valence electrons. The molecule has 2 amide bonds. The van der Waals surface area contributed by atoms with E-state index in [1.54, 1.807) is 24.3 Å². The molecule has 0 aromatic heterocycles. The lowest BCUT2D eigenvalue weighted by Gasteiger charge is -2.34. The topological polar surface area (TPSA) is 87.2 Å².